The van der Waals surface area contributed by atoms with Crippen molar-refractivity contribution in [3.63, 3.8) is 0 Å². The number of nitrogens with zero attached hydrogens (tertiary/aromatic N) is 3. The lowest BCUT2D eigenvalue weighted by Crippen LogP contribution is -2.41. The van der Waals surface area contributed by atoms with Crippen molar-refractivity contribution in [3.05, 3.63) is 54.0 Å². The topological polar surface area (TPSA) is 68.5 Å². The summed E-state index contributed by atoms with van der Waals surface area (Å²) in [5.74, 6) is 1.36. The molecule has 3 heterocycles. The van der Waals surface area contributed by atoms with Crippen molar-refractivity contribution >= 4 is 16.8 Å². The third-order valence-corrected chi connectivity index (χ3v) is 4.47. The van der Waals surface area contributed by atoms with Crippen LogP contribution in [0, 0.1) is 6.92 Å². The molecule has 1 amide bonds. The predicted molar refractivity (Wildman–Crippen MR) is 92.5 cm³/mol. The minimum absolute atomic E-state index is 0.0794. The number of amides is 1. The third kappa shape index (κ3) is 3.20. The van der Waals surface area contributed by atoms with Gasteiger partial charge in [0.05, 0.1) is 0 Å². The van der Waals surface area contributed by atoms with E-state index in [1.54, 1.807) is 24.1 Å². The second-order valence-corrected chi connectivity index (χ2v) is 6.26. The van der Waals surface area contributed by atoms with Crippen molar-refractivity contribution < 1.29 is 14.1 Å². The van der Waals surface area contributed by atoms with Crippen LogP contribution < -0.4 is 4.74 Å². The van der Waals surface area contributed by atoms with Crippen LogP contribution in [0.15, 0.2) is 47.1 Å². The van der Waals surface area contributed by atoms with E-state index >= 15 is 0 Å². The van der Waals surface area contributed by atoms with Crippen LogP contribution in [0.1, 0.15) is 29.1 Å². The number of pyridine rings is 1. The maximum Gasteiger partial charge on any atom is 0.276 e. The zero-order chi connectivity index (χ0) is 17.2. The lowest BCUT2D eigenvalue weighted by atomic mass is 10.1. The third-order valence-electron chi connectivity index (χ3n) is 4.47. The molecule has 0 spiro atoms. The Labute approximate surface area is 145 Å². The fourth-order valence-electron chi connectivity index (χ4n) is 3.16. The fourth-order valence-corrected chi connectivity index (χ4v) is 3.16. The Morgan fingerprint density at radius 3 is 2.80 bits per heavy atom. The second kappa shape index (κ2) is 6.55. The number of hydrogen-bond donors (Lipinski definition) is 0. The van der Waals surface area contributed by atoms with E-state index in [-0.39, 0.29) is 12.0 Å². The standard InChI is InChI=1S/C19H19N3O3/c1-13-12-16(21-25-13)19(23)22-10-7-15(8-11-22)24-17-6-2-4-14-5-3-9-20-18(14)17/h2-6,9,12,15H,7-8,10-11H2,1H3. The van der Waals surface area contributed by atoms with Crippen molar-refractivity contribution in [1.29, 1.82) is 0 Å². The molecule has 2 aromatic heterocycles. The molecule has 1 aliphatic rings. The average molecular weight is 337 g/mol. The van der Waals surface area contributed by atoms with Gasteiger partial charge in [-0.15, -0.1) is 0 Å². The molecular formula is C19H19N3O3. The van der Waals surface area contributed by atoms with E-state index in [4.69, 9.17) is 9.26 Å². The van der Waals surface area contributed by atoms with Gasteiger partial charge >= 0.3 is 0 Å². The van der Waals surface area contributed by atoms with Crippen LogP contribution in [0.25, 0.3) is 10.9 Å². The Morgan fingerprint density at radius 2 is 2.04 bits per heavy atom. The number of benzene rings is 1. The highest BCUT2D eigenvalue weighted by atomic mass is 16.5. The number of para-hydroxylation sites is 1. The SMILES string of the molecule is Cc1cc(C(=O)N2CCC(Oc3cccc4cccnc34)CC2)no1. The molecule has 1 aliphatic heterocycles. The molecule has 3 aromatic rings. The van der Waals surface area contributed by atoms with Gasteiger partial charge in [0.15, 0.2) is 5.69 Å². The molecule has 0 unspecified atom stereocenters. The Morgan fingerprint density at radius 1 is 1.24 bits per heavy atom. The molecule has 1 fully saturated rings. The summed E-state index contributed by atoms with van der Waals surface area (Å²) in [6.45, 7) is 3.07. The molecular weight excluding hydrogens is 318 g/mol. The van der Waals surface area contributed by atoms with Crippen LogP contribution in [-0.2, 0) is 0 Å². The summed E-state index contributed by atoms with van der Waals surface area (Å²) in [6, 6.07) is 11.6. The molecule has 25 heavy (non-hydrogen) atoms. The lowest BCUT2D eigenvalue weighted by molar-refractivity contribution is 0.0588. The van der Waals surface area contributed by atoms with Crippen LogP contribution in [0.3, 0.4) is 0 Å². The highest BCUT2D eigenvalue weighted by Gasteiger charge is 2.26. The number of carbonyl (C=O) groups excluding carboxylic acids is 1. The molecule has 6 heteroatoms. The average Bonchev–Trinajstić information content (AvgIpc) is 3.08. The molecule has 4 rings (SSSR count). The number of rotatable bonds is 3. The first-order valence-electron chi connectivity index (χ1n) is 8.44. The predicted octanol–water partition coefficient (Wildman–Crippen LogP) is 3.21. The van der Waals surface area contributed by atoms with E-state index in [0.29, 0.717) is 24.5 Å². The van der Waals surface area contributed by atoms with Gasteiger partial charge in [0.25, 0.3) is 5.91 Å². The highest BCUT2D eigenvalue weighted by molar-refractivity contribution is 5.92. The molecule has 0 N–H and O–H groups in total. The largest absolute Gasteiger partial charge is 0.488 e. The molecule has 0 saturated carbocycles. The smallest absolute Gasteiger partial charge is 0.276 e. The van der Waals surface area contributed by atoms with Crippen molar-refractivity contribution in [2.24, 2.45) is 0 Å². The van der Waals surface area contributed by atoms with Gasteiger partial charge in [0.1, 0.15) is 23.1 Å². The lowest BCUT2D eigenvalue weighted by Gasteiger charge is -2.31. The zero-order valence-electron chi connectivity index (χ0n) is 14.0. The first-order valence-corrected chi connectivity index (χ1v) is 8.44. The molecule has 0 radical (unpaired) electrons. The summed E-state index contributed by atoms with van der Waals surface area (Å²) < 4.78 is 11.2. The van der Waals surface area contributed by atoms with E-state index in [2.05, 4.69) is 10.1 Å². The van der Waals surface area contributed by atoms with Gasteiger partial charge in [-0.1, -0.05) is 23.4 Å². The van der Waals surface area contributed by atoms with E-state index in [1.165, 1.54) is 0 Å². The molecule has 128 valence electrons. The minimum atomic E-state index is -0.0814. The molecule has 0 bridgehead atoms. The number of hydrogen-bond acceptors (Lipinski definition) is 5. The van der Waals surface area contributed by atoms with Gasteiger partial charge < -0.3 is 14.2 Å². The van der Waals surface area contributed by atoms with Gasteiger partial charge in [0.2, 0.25) is 0 Å². The van der Waals surface area contributed by atoms with E-state index < -0.39 is 0 Å². The molecule has 0 atom stereocenters. The minimum Gasteiger partial charge on any atom is -0.488 e. The maximum atomic E-state index is 12.4. The van der Waals surface area contributed by atoms with Crippen LogP contribution in [0.5, 0.6) is 5.75 Å². The number of ether oxygens (including phenoxy) is 1. The Hall–Kier alpha value is -2.89. The Kier molecular flexibility index (Phi) is 4.09. The summed E-state index contributed by atoms with van der Waals surface area (Å²) in [6.07, 6.45) is 3.42. The Balaban J connectivity index is 1.41. The van der Waals surface area contributed by atoms with Crippen molar-refractivity contribution in [2.45, 2.75) is 25.9 Å². The second-order valence-electron chi connectivity index (χ2n) is 6.26. The fraction of sp³-hybridized carbons (Fsp3) is 0.316. The number of carbonyl (C=O) groups is 1. The summed E-state index contributed by atoms with van der Waals surface area (Å²) in [4.78, 5) is 18.6. The van der Waals surface area contributed by atoms with Crippen molar-refractivity contribution in [3.8, 4) is 5.75 Å². The Bertz CT molecular complexity index is 892. The number of aromatic nitrogens is 2. The monoisotopic (exact) mass is 337 g/mol. The van der Waals surface area contributed by atoms with E-state index in [9.17, 15) is 4.79 Å². The van der Waals surface area contributed by atoms with Gasteiger partial charge in [-0.25, -0.2) is 0 Å². The number of piperidine rings is 1. The summed E-state index contributed by atoms with van der Waals surface area (Å²) >= 11 is 0. The molecule has 1 aromatic carbocycles. The first-order chi connectivity index (χ1) is 12.2. The van der Waals surface area contributed by atoms with Crippen LogP contribution >= 0.6 is 0 Å². The molecule has 1 saturated heterocycles. The van der Waals surface area contributed by atoms with E-state index in [1.807, 2.05) is 30.3 Å². The first kappa shape index (κ1) is 15.6. The summed E-state index contributed by atoms with van der Waals surface area (Å²) in [5.41, 5.74) is 1.25. The van der Waals surface area contributed by atoms with Crippen LogP contribution in [-0.4, -0.2) is 40.1 Å². The quantitative estimate of drug-likeness (QED) is 0.734. The van der Waals surface area contributed by atoms with Gasteiger partial charge in [-0.2, -0.15) is 0 Å². The van der Waals surface area contributed by atoms with Crippen LogP contribution in [0.2, 0.25) is 0 Å². The van der Waals surface area contributed by atoms with Crippen LogP contribution in [0.4, 0.5) is 0 Å². The normalized spacial score (nSPS) is 15.5. The zero-order valence-corrected chi connectivity index (χ0v) is 14.0. The maximum absolute atomic E-state index is 12.4. The van der Waals surface area contributed by atoms with Crippen molar-refractivity contribution in [1.82, 2.24) is 15.0 Å². The van der Waals surface area contributed by atoms with Crippen molar-refractivity contribution in [2.75, 3.05) is 13.1 Å². The van der Waals surface area contributed by atoms with Gasteiger partial charge in [-0.05, 0) is 19.1 Å². The number of fused-ring (bicyclic) bond motifs is 1. The summed E-state index contributed by atoms with van der Waals surface area (Å²) in [7, 11) is 0. The molecule has 6 nitrogen and oxygen atoms in total. The van der Waals surface area contributed by atoms with Gasteiger partial charge in [-0.3, -0.25) is 9.78 Å². The molecule has 0 aliphatic carbocycles. The summed E-state index contributed by atoms with van der Waals surface area (Å²) in [5, 5.41) is 4.87. The number of aryl methyl sites for hydroxylation is 1. The van der Waals surface area contributed by atoms with Gasteiger partial charge in [0, 0.05) is 43.6 Å². The highest BCUT2D eigenvalue weighted by Crippen LogP contribution is 2.26. The number of likely N-dealkylation sites (tertiary alicyclic amines) is 1. The van der Waals surface area contributed by atoms with E-state index in [0.717, 1.165) is 29.5 Å².